The van der Waals surface area contributed by atoms with Crippen LogP contribution in [0, 0.1) is 0 Å². The molecule has 11 aromatic carbocycles. The van der Waals surface area contributed by atoms with E-state index in [1.807, 2.05) is 12.1 Å². The smallest absolute Gasteiger partial charge is 0.136 e. The zero-order valence-electron chi connectivity index (χ0n) is 36.5. The molecule has 2 heteroatoms. The van der Waals surface area contributed by atoms with Gasteiger partial charge in [0.25, 0.3) is 0 Å². The molecule has 2 aliphatic carbocycles. The zero-order chi connectivity index (χ0) is 44.1. The summed E-state index contributed by atoms with van der Waals surface area (Å²) >= 11 is 0. The Hall–Kier alpha value is -8.72. The van der Waals surface area contributed by atoms with E-state index in [9.17, 15) is 0 Å². The quantitative estimate of drug-likeness (QED) is 0.159. The highest BCUT2D eigenvalue weighted by molar-refractivity contribution is 6.19. The predicted molar refractivity (Wildman–Crippen MR) is 279 cm³/mol. The van der Waals surface area contributed by atoms with E-state index in [2.05, 4.69) is 241 Å². The van der Waals surface area contributed by atoms with E-state index in [4.69, 9.17) is 4.42 Å². The van der Waals surface area contributed by atoms with Crippen LogP contribution in [0.4, 0.5) is 17.1 Å². The summed E-state index contributed by atoms with van der Waals surface area (Å²) in [5.74, 6) is 0. The lowest BCUT2D eigenvalue weighted by Gasteiger charge is -2.34. The van der Waals surface area contributed by atoms with Gasteiger partial charge in [-0.25, -0.2) is 0 Å². The minimum absolute atomic E-state index is 0.459. The van der Waals surface area contributed by atoms with Crippen molar-refractivity contribution in [2.75, 3.05) is 4.90 Å². The summed E-state index contributed by atoms with van der Waals surface area (Å²) in [4.78, 5) is 2.43. The lowest BCUT2D eigenvalue weighted by molar-refractivity contribution is 0.669. The molecule has 67 heavy (non-hydrogen) atoms. The number of furan rings is 1. The highest BCUT2D eigenvalue weighted by Gasteiger charge is 2.46. The molecule has 12 aromatic rings. The average molecular weight is 852 g/mol. The van der Waals surface area contributed by atoms with Gasteiger partial charge in [0.1, 0.15) is 11.2 Å². The molecule has 14 rings (SSSR count). The Morgan fingerprint density at radius 2 is 0.806 bits per heavy atom. The van der Waals surface area contributed by atoms with E-state index < -0.39 is 5.41 Å². The van der Waals surface area contributed by atoms with Crippen LogP contribution in [0.15, 0.2) is 253 Å². The van der Waals surface area contributed by atoms with Gasteiger partial charge in [0, 0.05) is 27.5 Å². The second kappa shape index (κ2) is 14.7. The van der Waals surface area contributed by atoms with Crippen LogP contribution in [0.3, 0.4) is 0 Å². The third-order valence-electron chi connectivity index (χ3n) is 14.5. The van der Waals surface area contributed by atoms with Gasteiger partial charge in [-0.3, -0.25) is 0 Å². The van der Waals surface area contributed by atoms with Crippen LogP contribution in [0.5, 0.6) is 0 Å². The molecule has 0 bridgehead atoms. The minimum atomic E-state index is -0.459. The molecule has 0 unspecified atom stereocenters. The van der Waals surface area contributed by atoms with E-state index in [0.29, 0.717) is 0 Å². The summed E-state index contributed by atoms with van der Waals surface area (Å²) in [6.07, 6.45) is 0. The summed E-state index contributed by atoms with van der Waals surface area (Å²) in [6, 6.07) is 91.3. The second-order valence-electron chi connectivity index (χ2n) is 17.9. The Kier molecular flexibility index (Phi) is 8.23. The van der Waals surface area contributed by atoms with Crippen molar-refractivity contribution >= 4 is 49.8 Å². The molecule has 1 aromatic heterocycles. The molecular formula is C65H41NO. The first-order chi connectivity index (χ1) is 33.2. The van der Waals surface area contributed by atoms with Crippen LogP contribution in [-0.4, -0.2) is 0 Å². The van der Waals surface area contributed by atoms with Gasteiger partial charge < -0.3 is 9.32 Å². The van der Waals surface area contributed by atoms with Crippen molar-refractivity contribution in [1.82, 2.24) is 0 Å². The van der Waals surface area contributed by atoms with Crippen LogP contribution in [0.1, 0.15) is 22.3 Å². The van der Waals surface area contributed by atoms with Gasteiger partial charge in [-0.05, 0) is 132 Å². The third-order valence-corrected chi connectivity index (χ3v) is 14.5. The van der Waals surface area contributed by atoms with E-state index in [1.165, 1.54) is 77.5 Å². The number of hydrogen-bond acceptors (Lipinski definition) is 2. The largest absolute Gasteiger partial charge is 0.456 e. The molecule has 0 radical (unpaired) electrons. The zero-order valence-corrected chi connectivity index (χ0v) is 36.5. The Balaban J connectivity index is 0.918. The first-order valence-electron chi connectivity index (χ1n) is 23.2. The summed E-state index contributed by atoms with van der Waals surface area (Å²) in [5.41, 5.74) is 22.2. The minimum Gasteiger partial charge on any atom is -0.456 e. The number of nitrogens with zero attached hydrogens (tertiary/aromatic N) is 1. The van der Waals surface area contributed by atoms with Crippen molar-refractivity contribution in [3.05, 3.63) is 271 Å². The molecule has 312 valence electrons. The van der Waals surface area contributed by atoms with Crippen LogP contribution in [-0.2, 0) is 5.41 Å². The summed E-state index contributed by atoms with van der Waals surface area (Å²) in [5, 5.41) is 4.81. The number of fused-ring (bicyclic) bond motifs is 9. The summed E-state index contributed by atoms with van der Waals surface area (Å²) < 4.78 is 6.30. The fraction of sp³-hybridized carbons (Fsp3) is 0.0154. The molecule has 2 nitrogen and oxygen atoms in total. The fourth-order valence-electron chi connectivity index (χ4n) is 11.6. The van der Waals surface area contributed by atoms with Gasteiger partial charge >= 0.3 is 0 Å². The van der Waals surface area contributed by atoms with Crippen LogP contribution < -0.4 is 4.90 Å². The predicted octanol–water partition coefficient (Wildman–Crippen LogP) is 17.6. The Morgan fingerprint density at radius 3 is 1.54 bits per heavy atom. The molecule has 0 N–H and O–H groups in total. The monoisotopic (exact) mass is 851 g/mol. The number of rotatable bonds is 7. The van der Waals surface area contributed by atoms with Crippen LogP contribution >= 0.6 is 0 Å². The van der Waals surface area contributed by atoms with E-state index in [0.717, 1.165) is 50.1 Å². The molecule has 2 aliphatic rings. The molecule has 0 spiro atoms. The van der Waals surface area contributed by atoms with Crippen molar-refractivity contribution in [3.8, 4) is 55.6 Å². The van der Waals surface area contributed by atoms with Crippen molar-refractivity contribution in [3.63, 3.8) is 0 Å². The van der Waals surface area contributed by atoms with Gasteiger partial charge in [-0.15, -0.1) is 0 Å². The van der Waals surface area contributed by atoms with Crippen molar-refractivity contribution < 1.29 is 4.42 Å². The fourth-order valence-corrected chi connectivity index (χ4v) is 11.6. The average Bonchev–Trinajstić information content (AvgIpc) is 4.05. The third kappa shape index (κ3) is 5.51. The Bertz CT molecular complexity index is 3830. The Labute approximate surface area is 389 Å². The highest BCUT2D eigenvalue weighted by atomic mass is 16.3. The molecular weight excluding hydrogens is 811 g/mol. The molecule has 0 aliphatic heterocycles. The van der Waals surface area contributed by atoms with Gasteiger partial charge in [0.2, 0.25) is 0 Å². The van der Waals surface area contributed by atoms with E-state index >= 15 is 0 Å². The van der Waals surface area contributed by atoms with Crippen molar-refractivity contribution in [1.29, 1.82) is 0 Å². The van der Waals surface area contributed by atoms with Gasteiger partial charge in [0.05, 0.1) is 11.1 Å². The lowest BCUT2D eigenvalue weighted by atomic mass is 9.67. The molecule has 1 heterocycles. The molecule has 0 atom stereocenters. The second-order valence-corrected chi connectivity index (χ2v) is 17.9. The standard InChI is InChI=1S/C65H41NO/c1-3-15-45(16-4-1)65(46-17-5-2-6-18-46)58-26-11-9-21-52(58)53-38-33-44(41-59(53)65)42-29-34-47(35-30-42)66(60-40-39-55-51-20-8-7-19-50(51)54-24-13-25-56(60)63(54)55)48-36-31-43(32-37-48)49-23-14-28-62-64(49)57-22-10-12-27-61(57)67-62/h1-41H. The maximum absolute atomic E-state index is 6.30. The van der Waals surface area contributed by atoms with Gasteiger partial charge in [0.15, 0.2) is 0 Å². The molecule has 0 saturated heterocycles. The normalized spacial score (nSPS) is 12.9. The lowest BCUT2D eigenvalue weighted by Crippen LogP contribution is -2.28. The van der Waals surface area contributed by atoms with Gasteiger partial charge in [-0.1, -0.05) is 200 Å². The first kappa shape index (κ1) is 37.6. The van der Waals surface area contributed by atoms with Crippen LogP contribution in [0.2, 0.25) is 0 Å². The summed E-state index contributed by atoms with van der Waals surface area (Å²) in [6.45, 7) is 0. The molecule has 0 amide bonds. The summed E-state index contributed by atoms with van der Waals surface area (Å²) in [7, 11) is 0. The SMILES string of the molecule is c1ccc(C2(c3ccccc3)c3ccccc3-c3ccc(-c4ccc(N(c5ccc(-c6cccc7oc8ccccc8c67)cc5)c5ccc6c7c(cccc57)-c5ccccc5-6)cc4)cc32)cc1. The van der Waals surface area contributed by atoms with Crippen molar-refractivity contribution in [2.45, 2.75) is 5.41 Å². The molecule has 0 saturated carbocycles. The number of hydrogen-bond donors (Lipinski definition) is 0. The number of anilines is 3. The maximum atomic E-state index is 6.30. The van der Waals surface area contributed by atoms with Crippen molar-refractivity contribution in [2.24, 2.45) is 0 Å². The topological polar surface area (TPSA) is 16.4 Å². The van der Waals surface area contributed by atoms with Crippen LogP contribution in [0.25, 0.3) is 88.3 Å². The molecule has 0 fully saturated rings. The number of benzene rings is 11. The first-order valence-corrected chi connectivity index (χ1v) is 23.2. The van der Waals surface area contributed by atoms with Gasteiger partial charge in [-0.2, -0.15) is 0 Å². The van der Waals surface area contributed by atoms with E-state index in [-0.39, 0.29) is 0 Å². The Morgan fingerprint density at radius 1 is 0.299 bits per heavy atom. The number of para-hydroxylation sites is 1. The highest BCUT2D eigenvalue weighted by Crippen LogP contribution is 2.57. The maximum Gasteiger partial charge on any atom is 0.136 e. The van der Waals surface area contributed by atoms with E-state index in [1.54, 1.807) is 0 Å².